The van der Waals surface area contributed by atoms with E-state index in [4.69, 9.17) is 0 Å². The summed E-state index contributed by atoms with van der Waals surface area (Å²) < 4.78 is 27.3. The van der Waals surface area contributed by atoms with Crippen LogP contribution in [0.3, 0.4) is 0 Å². The van der Waals surface area contributed by atoms with Gasteiger partial charge in [0.05, 0.1) is 4.90 Å². The van der Waals surface area contributed by atoms with Crippen molar-refractivity contribution in [3.8, 4) is 11.1 Å². The highest BCUT2D eigenvalue weighted by Gasteiger charge is 2.25. The Kier molecular flexibility index (Phi) is 7.53. The van der Waals surface area contributed by atoms with E-state index in [1.165, 1.54) is 4.90 Å². The number of rotatable bonds is 7. The minimum Gasteiger partial charge on any atom is -0.348 e. The summed E-state index contributed by atoms with van der Waals surface area (Å²) in [6, 6.07) is 22.4. The van der Waals surface area contributed by atoms with E-state index in [2.05, 4.69) is 5.32 Å². The Balaban J connectivity index is 1.45. The van der Waals surface area contributed by atoms with E-state index in [-0.39, 0.29) is 5.91 Å². The number of hydrogen-bond donors (Lipinski definition) is 1. The van der Waals surface area contributed by atoms with Crippen molar-refractivity contribution in [2.45, 2.75) is 35.6 Å². The van der Waals surface area contributed by atoms with Crippen LogP contribution in [0.4, 0.5) is 0 Å². The average Bonchev–Trinajstić information content (AvgIpc) is 2.88. The lowest BCUT2D eigenvalue weighted by molar-refractivity contribution is 0.0951. The Bertz CT molecular complexity index is 1200. The van der Waals surface area contributed by atoms with Gasteiger partial charge in [-0.1, -0.05) is 42.8 Å². The van der Waals surface area contributed by atoms with Crippen molar-refractivity contribution in [3.05, 3.63) is 83.9 Å². The van der Waals surface area contributed by atoms with Crippen molar-refractivity contribution in [1.29, 1.82) is 0 Å². The number of carbonyl (C=O) groups is 1. The number of sulfonamides is 1. The van der Waals surface area contributed by atoms with E-state index < -0.39 is 10.0 Å². The molecular formula is C26H28N2O3S2. The van der Waals surface area contributed by atoms with Gasteiger partial charge in [0.25, 0.3) is 5.91 Å². The topological polar surface area (TPSA) is 66.5 Å². The molecule has 1 saturated heterocycles. The van der Waals surface area contributed by atoms with Gasteiger partial charge in [-0.25, -0.2) is 8.42 Å². The van der Waals surface area contributed by atoms with Gasteiger partial charge in [-0.3, -0.25) is 4.79 Å². The van der Waals surface area contributed by atoms with Crippen molar-refractivity contribution in [2.75, 3.05) is 19.3 Å². The number of piperidine rings is 1. The number of nitrogens with zero attached hydrogens (tertiary/aromatic N) is 1. The molecule has 3 aromatic rings. The molecule has 0 atom stereocenters. The highest BCUT2D eigenvalue weighted by molar-refractivity contribution is 7.98. The standard InChI is InChI=1S/C26H28N2O3S2/c1-32-24-12-8-20(9-13-24)19-27-26(29)23-7-5-6-22(18-23)21-10-14-25(15-11-21)33(30,31)28-16-3-2-4-17-28/h5-15,18H,2-4,16-17,19H2,1H3,(H,27,29). The minimum atomic E-state index is -3.45. The zero-order chi connectivity index (χ0) is 23.3. The van der Waals surface area contributed by atoms with Crippen LogP contribution >= 0.6 is 11.8 Å². The molecule has 0 saturated carbocycles. The predicted molar refractivity (Wildman–Crippen MR) is 134 cm³/mol. The summed E-state index contributed by atoms with van der Waals surface area (Å²) in [5, 5.41) is 2.97. The number of nitrogens with one attached hydrogen (secondary N) is 1. The molecule has 4 rings (SSSR count). The molecule has 0 bridgehead atoms. The Morgan fingerprint density at radius 2 is 1.61 bits per heavy atom. The lowest BCUT2D eigenvalue weighted by Gasteiger charge is -2.25. The third-order valence-electron chi connectivity index (χ3n) is 5.88. The lowest BCUT2D eigenvalue weighted by Crippen LogP contribution is -2.35. The van der Waals surface area contributed by atoms with Gasteiger partial charge in [0.15, 0.2) is 0 Å². The molecular weight excluding hydrogens is 452 g/mol. The number of carbonyl (C=O) groups excluding carboxylic acids is 1. The molecule has 1 aliphatic rings. The van der Waals surface area contributed by atoms with Gasteiger partial charge in [-0.05, 0) is 72.2 Å². The molecule has 0 spiro atoms. The second-order valence-electron chi connectivity index (χ2n) is 8.10. The van der Waals surface area contributed by atoms with Crippen LogP contribution in [0.1, 0.15) is 35.2 Å². The molecule has 0 aromatic heterocycles. The maximum absolute atomic E-state index is 12.9. The molecule has 0 radical (unpaired) electrons. The second kappa shape index (κ2) is 10.5. The first-order valence-electron chi connectivity index (χ1n) is 11.1. The van der Waals surface area contributed by atoms with Gasteiger partial charge >= 0.3 is 0 Å². The monoisotopic (exact) mass is 480 g/mol. The van der Waals surface area contributed by atoms with Crippen LogP contribution in [0.5, 0.6) is 0 Å². The SMILES string of the molecule is CSc1ccc(CNC(=O)c2cccc(-c3ccc(S(=O)(=O)N4CCCCC4)cc3)c2)cc1. The van der Waals surface area contributed by atoms with Gasteiger partial charge < -0.3 is 5.32 Å². The first kappa shape index (κ1) is 23.5. The molecule has 33 heavy (non-hydrogen) atoms. The van der Waals surface area contributed by atoms with Crippen molar-refractivity contribution in [3.63, 3.8) is 0 Å². The third kappa shape index (κ3) is 5.66. The van der Waals surface area contributed by atoms with Crippen LogP contribution in [0, 0.1) is 0 Å². The fraction of sp³-hybridized carbons (Fsp3) is 0.269. The maximum atomic E-state index is 12.9. The molecule has 172 valence electrons. The second-order valence-corrected chi connectivity index (χ2v) is 10.9. The van der Waals surface area contributed by atoms with Gasteiger partial charge in [0.2, 0.25) is 10.0 Å². The normalized spacial score (nSPS) is 14.7. The predicted octanol–water partition coefficient (Wildman–Crippen LogP) is 5.18. The summed E-state index contributed by atoms with van der Waals surface area (Å²) in [4.78, 5) is 14.2. The van der Waals surface area contributed by atoms with E-state index >= 15 is 0 Å². The number of benzene rings is 3. The Labute approximate surface area is 200 Å². The zero-order valence-corrected chi connectivity index (χ0v) is 20.3. The van der Waals surface area contributed by atoms with Gasteiger partial charge in [0.1, 0.15) is 0 Å². The molecule has 5 nitrogen and oxygen atoms in total. The molecule has 1 N–H and O–H groups in total. The van der Waals surface area contributed by atoms with Crippen LogP contribution in [0.25, 0.3) is 11.1 Å². The van der Waals surface area contributed by atoms with Crippen LogP contribution in [-0.4, -0.2) is 38.0 Å². The smallest absolute Gasteiger partial charge is 0.251 e. The number of thioether (sulfide) groups is 1. The van der Waals surface area contributed by atoms with Crippen LogP contribution < -0.4 is 5.32 Å². The van der Waals surface area contributed by atoms with Crippen molar-refractivity contribution >= 4 is 27.7 Å². The zero-order valence-electron chi connectivity index (χ0n) is 18.7. The summed E-state index contributed by atoms with van der Waals surface area (Å²) in [6.07, 6.45) is 4.94. The molecule has 7 heteroatoms. The molecule has 1 heterocycles. The van der Waals surface area contributed by atoms with Gasteiger partial charge in [-0.15, -0.1) is 11.8 Å². The molecule has 3 aromatic carbocycles. The largest absolute Gasteiger partial charge is 0.348 e. The Morgan fingerprint density at radius 3 is 2.27 bits per heavy atom. The minimum absolute atomic E-state index is 0.143. The Morgan fingerprint density at radius 1 is 0.909 bits per heavy atom. The molecule has 1 amide bonds. The summed E-state index contributed by atoms with van der Waals surface area (Å²) in [5.74, 6) is -0.143. The van der Waals surface area contributed by atoms with E-state index in [0.717, 1.165) is 36.0 Å². The van der Waals surface area contributed by atoms with Gasteiger partial charge in [-0.2, -0.15) is 4.31 Å². The fourth-order valence-corrected chi connectivity index (χ4v) is 5.87. The summed E-state index contributed by atoms with van der Waals surface area (Å²) in [6.45, 7) is 1.63. The number of hydrogen-bond acceptors (Lipinski definition) is 4. The van der Waals surface area contributed by atoms with E-state index in [9.17, 15) is 13.2 Å². The first-order chi connectivity index (χ1) is 16.0. The van der Waals surface area contributed by atoms with E-state index in [1.54, 1.807) is 46.4 Å². The highest BCUT2D eigenvalue weighted by atomic mass is 32.2. The van der Waals surface area contributed by atoms with Crippen molar-refractivity contribution < 1.29 is 13.2 Å². The lowest BCUT2D eigenvalue weighted by atomic mass is 10.0. The third-order valence-corrected chi connectivity index (χ3v) is 8.53. The highest BCUT2D eigenvalue weighted by Crippen LogP contribution is 2.25. The molecule has 1 aliphatic heterocycles. The first-order valence-corrected chi connectivity index (χ1v) is 13.8. The average molecular weight is 481 g/mol. The number of amides is 1. The summed E-state index contributed by atoms with van der Waals surface area (Å²) in [7, 11) is -3.45. The summed E-state index contributed by atoms with van der Waals surface area (Å²) in [5.41, 5.74) is 3.35. The molecule has 1 fully saturated rings. The quantitative estimate of drug-likeness (QED) is 0.473. The van der Waals surface area contributed by atoms with Crippen molar-refractivity contribution in [1.82, 2.24) is 9.62 Å². The van der Waals surface area contributed by atoms with Crippen molar-refractivity contribution in [2.24, 2.45) is 0 Å². The van der Waals surface area contributed by atoms with Gasteiger partial charge in [0, 0.05) is 30.1 Å². The maximum Gasteiger partial charge on any atom is 0.251 e. The van der Waals surface area contributed by atoms with E-state index in [1.807, 2.05) is 48.7 Å². The Hall–Kier alpha value is -2.61. The molecule has 0 unspecified atom stereocenters. The van der Waals surface area contributed by atoms with Crippen LogP contribution in [0.2, 0.25) is 0 Å². The summed E-state index contributed by atoms with van der Waals surface area (Å²) >= 11 is 1.68. The van der Waals surface area contributed by atoms with Crippen LogP contribution in [0.15, 0.2) is 82.6 Å². The molecule has 0 aliphatic carbocycles. The van der Waals surface area contributed by atoms with Crippen LogP contribution in [-0.2, 0) is 16.6 Å². The fourth-order valence-electron chi connectivity index (χ4n) is 3.94. The van der Waals surface area contributed by atoms with E-state index in [0.29, 0.717) is 30.1 Å².